The van der Waals surface area contributed by atoms with Crippen molar-refractivity contribution in [1.82, 2.24) is 49.4 Å². The van der Waals surface area contributed by atoms with Crippen LogP contribution < -0.4 is 43.8 Å². The molecular formula is C66H71N14O14+. The first-order chi connectivity index (χ1) is 45.5. The van der Waals surface area contributed by atoms with Crippen LogP contribution in [-0.2, 0) is 45.2 Å². The van der Waals surface area contributed by atoms with Crippen molar-refractivity contribution in [2.45, 2.75) is 58.4 Å². The average molecular weight is 1280 g/mol. The van der Waals surface area contributed by atoms with E-state index < -0.39 is 24.4 Å². The van der Waals surface area contributed by atoms with E-state index in [4.69, 9.17) is 43.2 Å². The molecule has 6 amide bonds. The van der Waals surface area contributed by atoms with E-state index in [0.29, 0.717) is 87.5 Å². The number of likely N-dealkylation sites (N-methyl/N-ethyl adjacent to an activating group) is 4. The van der Waals surface area contributed by atoms with Crippen molar-refractivity contribution < 1.29 is 71.2 Å². The van der Waals surface area contributed by atoms with E-state index in [1.165, 1.54) is 38.3 Å². The number of benzene rings is 4. The Morgan fingerprint density at radius 2 is 1.57 bits per heavy atom. The van der Waals surface area contributed by atoms with Crippen LogP contribution in [0.4, 0.5) is 35.5 Å². The summed E-state index contributed by atoms with van der Waals surface area (Å²) in [6.45, 7) is 4.81. The summed E-state index contributed by atoms with van der Waals surface area (Å²) in [5, 5.41) is 17.3. The lowest BCUT2D eigenvalue weighted by Crippen LogP contribution is -2.52. The van der Waals surface area contributed by atoms with E-state index >= 15 is 0 Å². The fraction of sp³-hybridized carbons (Fsp3) is 0.364. The fourth-order valence-corrected chi connectivity index (χ4v) is 11.3. The van der Waals surface area contributed by atoms with Crippen molar-refractivity contribution in [3.8, 4) is 46.3 Å². The van der Waals surface area contributed by atoms with E-state index in [2.05, 4.69) is 48.1 Å². The number of alkyl carbamates (subject to hydrolysis) is 1. The van der Waals surface area contributed by atoms with Gasteiger partial charge in [0.25, 0.3) is 0 Å². The van der Waals surface area contributed by atoms with Crippen molar-refractivity contribution in [1.29, 1.82) is 5.26 Å². The number of anilines is 2. The summed E-state index contributed by atoms with van der Waals surface area (Å²) in [6, 6.07) is 25.3. The first-order valence-corrected chi connectivity index (χ1v) is 30.6. The van der Waals surface area contributed by atoms with Gasteiger partial charge < -0.3 is 67.7 Å². The number of hydrogen-bond acceptors (Lipinski definition) is 20. The molecule has 0 unspecified atom stereocenters. The molecule has 28 nitrogen and oxygen atoms in total. The second-order valence-electron chi connectivity index (χ2n) is 23.0. The van der Waals surface area contributed by atoms with Crippen molar-refractivity contribution in [3.05, 3.63) is 120 Å². The molecule has 1 saturated heterocycles. The van der Waals surface area contributed by atoms with Crippen LogP contribution in [0.25, 0.3) is 44.0 Å². The van der Waals surface area contributed by atoms with E-state index in [1.807, 2.05) is 42.4 Å². The highest BCUT2D eigenvalue weighted by Gasteiger charge is 2.34. The normalized spacial score (nSPS) is 14.4. The van der Waals surface area contributed by atoms with Gasteiger partial charge in [-0.05, 0) is 89.0 Å². The predicted molar refractivity (Wildman–Crippen MR) is 340 cm³/mol. The number of aryl methyl sites for hydroxylation is 2. The molecule has 0 aliphatic carbocycles. The summed E-state index contributed by atoms with van der Waals surface area (Å²) < 4.78 is 48.4. The Morgan fingerprint density at radius 1 is 0.798 bits per heavy atom. The Bertz CT molecular complexity index is 4220. The molecule has 1 fully saturated rings. The maximum absolute atomic E-state index is 13.7. The Labute approximate surface area is 540 Å². The second-order valence-corrected chi connectivity index (χ2v) is 23.0. The van der Waals surface area contributed by atoms with Crippen LogP contribution >= 0.6 is 0 Å². The molecule has 3 aliphatic rings. The lowest BCUT2D eigenvalue weighted by atomic mass is 9.92. The van der Waals surface area contributed by atoms with Crippen LogP contribution in [0.5, 0.6) is 29.0 Å². The molecule has 2 atom stereocenters. The lowest BCUT2D eigenvalue weighted by molar-refractivity contribution is -0.686. The summed E-state index contributed by atoms with van der Waals surface area (Å²) in [7, 11) is 8.20. The summed E-state index contributed by atoms with van der Waals surface area (Å²) in [5.41, 5.74) is 6.06. The number of piperidine rings is 1. The van der Waals surface area contributed by atoms with Gasteiger partial charge in [-0.25, -0.2) is 38.9 Å². The number of nitrogens with zero attached hydrogens (tertiary/aromatic N) is 12. The number of hydrogen-bond donors (Lipinski definition) is 2. The maximum Gasteiger partial charge on any atom is 0.415 e. The van der Waals surface area contributed by atoms with E-state index in [1.54, 1.807) is 93.0 Å². The molecule has 488 valence electrons. The number of ether oxygens (including phenoxy) is 8. The quantitative estimate of drug-likeness (QED) is 0.0392. The second kappa shape index (κ2) is 28.9. The number of amides is 6. The third-order valence-electron chi connectivity index (χ3n) is 16.7. The number of nitriles is 1. The first-order valence-electron chi connectivity index (χ1n) is 30.6. The number of carbonyl (C=O) groups excluding carboxylic acids is 6. The van der Waals surface area contributed by atoms with Gasteiger partial charge in [0.05, 0.1) is 54.3 Å². The molecular weight excluding hydrogens is 1210 g/mol. The zero-order valence-electron chi connectivity index (χ0n) is 52.9. The van der Waals surface area contributed by atoms with Crippen LogP contribution in [0.2, 0.25) is 0 Å². The Balaban J connectivity index is 0.554. The van der Waals surface area contributed by atoms with Crippen molar-refractivity contribution in [3.63, 3.8) is 0 Å². The molecule has 8 aromatic rings. The van der Waals surface area contributed by atoms with Crippen LogP contribution in [0.15, 0.2) is 104 Å². The van der Waals surface area contributed by atoms with Gasteiger partial charge in [-0.2, -0.15) is 14.8 Å². The molecule has 7 heterocycles. The van der Waals surface area contributed by atoms with E-state index in [9.17, 15) is 28.8 Å². The zero-order valence-corrected chi connectivity index (χ0v) is 52.9. The molecule has 28 heteroatoms. The summed E-state index contributed by atoms with van der Waals surface area (Å²) in [4.78, 5) is 104. The van der Waals surface area contributed by atoms with Crippen LogP contribution in [-0.4, -0.2) is 181 Å². The van der Waals surface area contributed by atoms with E-state index in [-0.39, 0.29) is 101 Å². The third kappa shape index (κ3) is 14.7. The Kier molecular flexibility index (Phi) is 19.8. The van der Waals surface area contributed by atoms with Crippen molar-refractivity contribution >= 4 is 80.5 Å². The van der Waals surface area contributed by atoms with Gasteiger partial charge in [-0.1, -0.05) is 25.1 Å². The smallest absolute Gasteiger partial charge is 0.415 e. The highest BCUT2D eigenvalue weighted by molar-refractivity contribution is 5.96. The molecule has 4 aromatic heterocycles. The number of pyridine rings is 1. The number of rotatable bonds is 21. The van der Waals surface area contributed by atoms with Gasteiger partial charge >= 0.3 is 36.4 Å². The Morgan fingerprint density at radius 3 is 2.38 bits per heavy atom. The molecule has 2 N–H and O–H groups in total. The van der Waals surface area contributed by atoms with Crippen molar-refractivity contribution in [2.24, 2.45) is 5.92 Å². The number of carbonyl (C=O) groups is 6. The lowest BCUT2D eigenvalue weighted by Gasteiger charge is -2.42. The Hall–Kier alpha value is -11.2. The monoisotopic (exact) mass is 1280 g/mol. The minimum absolute atomic E-state index is 0.0365. The molecule has 0 bridgehead atoms. The van der Waals surface area contributed by atoms with Gasteiger partial charge in [0.1, 0.15) is 31.8 Å². The molecule has 4 aromatic carbocycles. The summed E-state index contributed by atoms with van der Waals surface area (Å²) in [5.74, 6) is 2.80. The molecule has 0 saturated carbocycles. The van der Waals surface area contributed by atoms with Crippen LogP contribution in [0.3, 0.4) is 0 Å². The minimum atomic E-state index is -0.683. The number of likely N-dealkylation sites (tertiary alicyclic amines) is 1. The summed E-state index contributed by atoms with van der Waals surface area (Å²) in [6.07, 6.45) is 5.77. The zero-order chi connectivity index (χ0) is 66.0. The maximum atomic E-state index is 13.7. The average Bonchev–Trinajstić information content (AvgIpc) is 1.07. The molecule has 0 spiro atoms. The van der Waals surface area contributed by atoms with Gasteiger partial charge in [0, 0.05) is 110 Å². The standard InChI is InChI=1S/C66H70N14O14/c1-41-17-22-79(57(81)16-20-67)36-53(41)77(5)59-48-19-24-80(60(48)71-39-70-59)64(84)74(2)26-27-76(4)65(85)91-37-42-8-12-47(13-9-42)72-63(83)90-38-43-10-14-51-46(30-43)34-69-61(73-51)88-28-7-29-89-62(82)68-21-25-75(3)66(86)94-58-50-35-78-23-18-45-32-55-56(93-40-92-55)33-49(45)52(78)31-44(50)11-15-54(58)87-6/h8-15,19,24,30-35,39,41,53H,7,16-18,21-23,25-29,36-38,40H2,1-6H3,(H-,68,72,82,83)/p+1/t41-,53+/m0/s1. The molecule has 94 heavy (non-hydrogen) atoms. The van der Waals surface area contributed by atoms with Gasteiger partial charge in [-0.15, -0.1) is 0 Å². The van der Waals surface area contributed by atoms with Gasteiger partial charge in [0.15, 0.2) is 41.4 Å². The third-order valence-corrected chi connectivity index (χ3v) is 16.7. The molecule has 0 radical (unpaired) electrons. The molecule has 3 aliphatic heterocycles. The topological polar surface area (TPSA) is 301 Å². The number of aromatic nitrogens is 6. The van der Waals surface area contributed by atoms with Crippen LogP contribution in [0.1, 0.15) is 42.9 Å². The predicted octanol–water partition coefficient (Wildman–Crippen LogP) is 7.91. The largest absolute Gasteiger partial charge is 0.493 e. The number of nitrogens with one attached hydrogen (secondary N) is 2. The fourth-order valence-electron chi connectivity index (χ4n) is 11.3. The highest BCUT2D eigenvalue weighted by Crippen LogP contribution is 2.42. The SMILES string of the molecule is COc1ccc2cc3[n+](cc2c1OC(=O)N(C)CCNC(=O)OCCCOc1ncc2cc(COC(=O)Nc4ccc(COC(=O)N(C)CCN(C)C(=O)n5ccc6c(N(C)[C@@H]7CN(C(=O)CC#N)CC[C@@H]7C)ncnc65)cc4)ccc2n1)CCc1cc2c(cc1-3)OCO2. The van der Waals surface area contributed by atoms with Gasteiger partial charge in [0.2, 0.25) is 18.4 Å². The van der Waals surface area contributed by atoms with Crippen LogP contribution in [0, 0.1) is 17.2 Å². The number of methoxy groups -OCH3 is 1. The molecule has 11 rings (SSSR count). The number of fused-ring (bicyclic) bond motifs is 7. The first kappa shape index (κ1) is 64.3. The minimum Gasteiger partial charge on any atom is -0.493 e. The van der Waals surface area contributed by atoms with Gasteiger partial charge in [-0.3, -0.25) is 14.7 Å². The summed E-state index contributed by atoms with van der Waals surface area (Å²) >= 11 is 0. The van der Waals surface area contributed by atoms with E-state index in [0.717, 1.165) is 35.2 Å². The highest BCUT2D eigenvalue weighted by atomic mass is 16.7. The van der Waals surface area contributed by atoms with Crippen molar-refractivity contribution in [2.75, 3.05) is 105 Å².